The van der Waals surface area contributed by atoms with Crippen LogP contribution >= 0.6 is 11.8 Å². The molecule has 5 fully saturated rings. The summed E-state index contributed by atoms with van der Waals surface area (Å²) in [6, 6.07) is 24.5. The Hall–Kier alpha value is -2.88. The molecule has 1 aliphatic heterocycles. The zero-order valence-corrected chi connectivity index (χ0v) is 28.1. The van der Waals surface area contributed by atoms with Crippen LogP contribution in [0.3, 0.4) is 0 Å². The molecule has 4 saturated carbocycles. The molecule has 0 aromatic heterocycles. The molecule has 1 saturated heterocycles. The minimum atomic E-state index is -0.535. The van der Waals surface area contributed by atoms with Crippen LogP contribution in [0.5, 0.6) is 0 Å². The van der Waals surface area contributed by atoms with E-state index in [1.807, 2.05) is 36.4 Å². The van der Waals surface area contributed by atoms with E-state index in [0.29, 0.717) is 12.3 Å². The van der Waals surface area contributed by atoms with Gasteiger partial charge in [0.2, 0.25) is 0 Å². The van der Waals surface area contributed by atoms with Crippen molar-refractivity contribution in [3.05, 3.63) is 95.1 Å². The lowest BCUT2D eigenvalue weighted by molar-refractivity contribution is -0.268. The van der Waals surface area contributed by atoms with Crippen LogP contribution < -0.4 is 10.6 Å². The Morgan fingerprint density at radius 1 is 0.872 bits per heavy atom. The summed E-state index contributed by atoms with van der Waals surface area (Å²) in [6.07, 6.45) is 6.74. The summed E-state index contributed by atoms with van der Waals surface area (Å²) in [4.78, 5) is 13.2. The molecule has 4 bridgehead atoms. The minimum absolute atomic E-state index is 0.00630. The van der Waals surface area contributed by atoms with Gasteiger partial charge in [0, 0.05) is 35.1 Å². The summed E-state index contributed by atoms with van der Waals surface area (Å²) >= 11 is 1.69. The van der Waals surface area contributed by atoms with E-state index in [0.717, 1.165) is 76.1 Å². The van der Waals surface area contributed by atoms with E-state index in [4.69, 9.17) is 9.47 Å². The second-order valence-corrected chi connectivity index (χ2v) is 15.6. The second-order valence-electron chi connectivity index (χ2n) is 14.4. The average Bonchev–Trinajstić information content (AvgIpc) is 3.08. The quantitative estimate of drug-likeness (QED) is 0.164. The third kappa shape index (κ3) is 7.27. The number of rotatable bonds is 11. The largest absolute Gasteiger partial charge is 0.396 e. The van der Waals surface area contributed by atoms with Gasteiger partial charge in [0.25, 0.3) is 0 Å². The SMILES string of the molecule is C[C@H]1[C@@H](CSCCO)O[C@@H](c2ccc(-c3ccccc3CNC(=O)NC34CC5CC(CC(C5)C3)C4)cc2)O[C@H]1c1ccc(CO)cc1. The van der Waals surface area contributed by atoms with Crippen molar-refractivity contribution >= 4 is 17.8 Å². The van der Waals surface area contributed by atoms with Crippen LogP contribution in [0.25, 0.3) is 11.1 Å². The number of carbonyl (C=O) groups is 1. The van der Waals surface area contributed by atoms with Crippen molar-refractivity contribution in [3.63, 3.8) is 0 Å². The van der Waals surface area contributed by atoms with Crippen molar-refractivity contribution in [2.24, 2.45) is 23.7 Å². The smallest absolute Gasteiger partial charge is 0.315 e. The molecule has 4 atom stereocenters. The number of urea groups is 1. The number of carbonyl (C=O) groups excluding carboxylic acids is 1. The van der Waals surface area contributed by atoms with Crippen LogP contribution in [0.1, 0.15) is 80.1 Å². The molecule has 47 heavy (non-hydrogen) atoms. The molecule has 2 amide bonds. The second kappa shape index (κ2) is 14.3. The van der Waals surface area contributed by atoms with E-state index in [1.54, 1.807) is 11.8 Å². The lowest BCUT2D eigenvalue weighted by atomic mass is 9.53. The minimum Gasteiger partial charge on any atom is -0.396 e. The number of hydrogen-bond donors (Lipinski definition) is 4. The van der Waals surface area contributed by atoms with Crippen molar-refractivity contribution < 1.29 is 24.5 Å². The fourth-order valence-corrected chi connectivity index (χ4v) is 9.98. The van der Waals surface area contributed by atoms with Gasteiger partial charge >= 0.3 is 6.03 Å². The van der Waals surface area contributed by atoms with E-state index < -0.39 is 6.29 Å². The zero-order chi connectivity index (χ0) is 32.4. The van der Waals surface area contributed by atoms with Gasteiger partial charge in [-0.15, -0.1) is 0 Å². The summed E-state index contributed by atoms with van der Waals surface area (Å²) < 4.78 is 13.2. The fraction of sp³-hybridized carbons (Fsp3) is 0.513. The maximum Gasteiger partial charge on any atom is 0.315 e. The first-order valence-electron chi connectivity index (χ1n) is 17.4. The number of nitrogens with one attached hydrogen (secondary N) is 2. The molecule has 4 N–H and O–H groups in total. The van der Waals surface area contributed by atoms with Crippen molar-refractivity contribution in [2.75, 3.05) is 18.1 Å². The van der Waals surface area contributed by atoms with Crippen LogP contribution in [0.2, 0.25) is 0 Å². The number of amides is 2. The van der Waals surface area contributed by atoms with Gasteiger partial charge < -0.3 is 30.3 Å². The first-order valence-corrected chi connectivity index (χ1v) is 18.5. The number of aliphatic hydroxyl groups is 2. The van der Waals surface area contributed by atoms with E-state index in [-0.39, 0.29) is 42.9 Å². The predicted octanol–water partition coefficient (Wildman–Crippen LogP) is 7.13. The summed E-state index contributed by atoms with van der Waals surface area (Å²) in [5.74, 6) is 3.91. The summed E-state index contributed by atoms with van der Waals surface area (Å²) in [5, 5.41) is 25.5. The van der Waals surface area contributed by atoms with Crippen LogP contribution in [0.4, 0.5) is 4.79 Å². The van der Waals surface area contributed by atoms with E-state index in [2.05, 4.69) is 54.0 Å². The molecule has 0 unspecified atom stereocenters. The topological polar surface area (TPSA) is 100 Å². The monoisotopic (exact) mass is 656 g/mol. The Morgan fingerprint density at radius 3 is 2.19 bits per heavy atom. The van der Waals surface area contributed by atoms with Crippen LogP contribution in [-0.4, -0.2) is 46.0 Å². The molecule has 0 spiro atoms. The summed E-state index contributed by atoms with van der Waals surface area (Å²) in [7, 11) is 0. The highest BCUT2D eigenvalue weighted by Gasteiger charge is 2.51. The lowest BCUT2D eigenvalue weighted by Gasteiger charge is -2.56. The molecular weight excluding hydrogens is 609 g/mol. The Morgan fingerprint density at radius 2 is 1.53 bits per heavy atom. The highest BCUT2D eigenvalue weighted by atomic mass is 32.2. The van der Waals surface area contributed by atoms with Gasteiger partial charge in [-0.25, -0.2) is 4.79 Å². The lowest BCUT2D eigenvalue weighted by Crippen LogP contribution is -2.61. The fourth-order valence-electron chi connectivity index (χ4n) is 9.07. The van der Waals surface area contributed by atoms with Crippen molar-refractivity contribution in [2.45, 2.75) is 82.6 Å². The molecule has 8 rings (SSSR count). The highest BCUT2D eigenvalue weighted by Crippen LogP contribution is 2.55. The van der Waals surface area contributed by atoms with Crippen LogP contribution in [-0.2, 0) is 22.6 Å². The van der Waals surface area contributed by atoms with E-state index in [9.17, 15) is 15.0 Å². The third-order valence-corrected chi connectivity index (χ3v) is 12.0. The summed E-state index contributed by atoms with van der Waals surface area (Å²) in [6.45, 7) is 2.77. The molecule has 3 aromatic carbocycles. The molecule has 3 aromatic rings. The number of ether oxygens (including phenoxy) is 2. The van der Waals surface area contributed by atoms with Gasteiger partial charge in [-0.05, 0) is 84.1 Å². The zero-order valence-electron chi connectivity index (χ0n) is 27.3. The molecule has 5 aliphatic rings. The van der Waals surface area contributed by atoms with E-state index in [1.165, 1.54) is 19.3 Å². The first-order chi connectivity index (χ1) is 22.9. The Labute approximate surface area is 282 Å². The maximum atomic E-state index is 13.2. The normalized spacial score (nSPS) is 31.1. The van der Waals surface area contributed by atoms with Gasteiger partial charge in [-0.2, -0.15) is 11.8 Å². The van der Waals surface area contributed by atoms with Gasteiger partial charge in [0.05, 0.1) is 25.4 Å². The molecule has 1 heterocycles. The number of aliphatic hydroxyl groups excluding tert-OH is 2. The predicted molar refractivity (Wildman–Crippen MR) is 186 cm³/mol. The van der Waals surface area contributed by atoms with Gasteiger partial charge in [-0.3, -0.25) is 0 Å². The third-order valence-electron chi connectivity index (χ3n) is 11.0. The van der Waals surface area contributed by atoms with E-state index >= 15 is 0 Å². The number of hydrogen-bond acceptors (Lipinski definition) is 6. The molecule has 0 radical (unpaired) electrons. The van der Waals surface area contributed by atoms with Crippen molar-refractivity contribution in [1.82, 2.24) is 10.6 Å². The van der Waals surface area contributed by atoms with Gasteiger partial charge in [-0.1, -0.05) is 79.7 Å². The van der Waals surface area contributed by atoms with Gasteiger partial charge in [0.1, 0.15) is 0 Å². The van der Waals surface area contributed by atoms with Crippen LogP contribution in [0, 0.1) is 23.7 Å². The first kappa shape index (κ1) is 32.7. The maximum absolute atomic E-state index is 13.2. The number of thioether (sulfide) groups is 1. The molecular formula is C39H48N2O5S. The molecule has 250 valence electrons. The molecule has 4 aliphatic carbocycles. The molecule has 8 heteroatoms. The Kier molecular flexibility index (Phi) is 9.94. The number of benzene rings is 3. The highest BCUT2D eigenvalue weighted by molar-refractivity contribution is 7.99. The standard InChI is InChI=1S/C39H48N2O5S/c1-25-35(24-47-15-14-42)45-37(46-36(25)31-8-6-26(23-43)7-9-31)32-12-10-30(11-13-32)34-5-3-2-4-33(34)22-40-38(44)41-39-19-27-16-28(20-39)18-29(17-27)21-39/h2-13,25,27-29,35-37,42-43H,14-24H2,1H3,(H2,40,41,44)/t25-,27?,28?,29?,35+,36+,37+,39?/m0/s1. The van der Waals surface area contributed by atoms with Gasteiger partial charge in [0.15, 0.2) is 6.29 Å². The van der Waals surface area contributed by atoms with Crippen molar-refractivity contribution in [1.29, 1.82) is 0 Å². The average molecular weight is 657 g/mol. The van der Waals surface area contributed by atoms with Crippen molar-refractivity contribution in [3.8, 4) is 11.1 Å². The summed E-state index contributed by atoms with van der Waals surface area (Å²) in [5.41, 5.74) is 6.11. The Balaban J connectivity index is 1.03. The van der Waals surface area contributed by atoms with Crippen LogP contribution in [0.15, 0.2) is 72.8 Å². The molecule has 7 nitrogen and oxygen atoms in total. The Bertz CT molecular complexity index is 1480.